The number of amides is 4. The van der Waals surface area contributed by atoms with E-state index in [0.29, 0.717) is 17.0 Å². The lowest BCUT2D eigenvalue weighted by molar-refractivity contribution is -0.155. The summed E-state index contributed by atoms with van der Waals surface area (Å²) in [5.74, 6) is -1.35. The third-order valence-corrected chi connectivity index (χ3v) is 5.15. The predicted molar refractivity (Wildman–Crippen MR) is 114 cm³/mol. The van der Waals surface area contributed by atoms with Crippen LogP contribution < -0.4 is 10.6 Å². The van der Waals surface area contributed by atoms with Crippen molar-refractivity contribution in [3.8, 4) is 0 Å². The number of alkyl halides is 3. The number of hydrogen-bond donors (Lipinski definition) is 2. The number of nitrogens with zero attached hydrogens (tertiary/aromatic N) is 2. The number of likely N-dealkylation sites (N-methyl/N-ethyl adjacent to an activating group) is 1. The second kappa shape index (κ2) is 10.3. The maximum Gasteiger partial charge on any atom is 0.406 e. The first kappa shape index (κ1) is 25.0. The van der Waals surface area contributed by atoms with E-state index in [4.69, 9.17) is 0 Å². The molecule has 0 fully saturated rings. The van der Waals surface area contributed by atoms with Gasteiger partial charge in [-0.1, -0.05) is 45.0 Å². The van der Waals surface area contributed by atoms with E-state index in [-0.39, 0.29) is 24.1 Å². The number of para-hydroxylation sites is 1. The molecule has 2 atom stereocenters. The molecule has 1 aromatic rings. The van der Waals surface area contributed by atoms with Gasteiger partial charge in [-0.15, -0.1) is 0 Å². The largest absolute Gasteiger partial charge is 0.406 e. The molecular weight excluding hydrogens is 425 g/mol. The van der Waals surface area contributed by atoms with Gasteiger partial charge < -0.3 is 20.4 Å². The minimum Gasteiger partial charge on any atom is -0.333 e. The number of halogens is 3. The monoisotopic (exact) mass is 452 g/mol. The van der Waals surface area contributed by atoms with Gasteiger partial charge in [-0.3, -0.25) is 9.59 Å². The van der Waals surface area contributed by atoms with E-state index < -0.39 is 30.7 Å². The Morgan fingerprint density at radius 1 is 1.34 bits per heavy atom. The lowest BCUT2D eigenvalue weighted by atomic mass is 9.97. The Kier molecular flexibility index (Phi) is 8.07. The Balaban J connectivity index is 2.15. The smallest absolute Gasteiger partial charge is 0.333 e. The maximum atomic E-state index is 13.0. The summed E-state index contributed by atoms with van der Waals surface area (Å²) in [6.07, 6.45) is -1.85. The first-order valence-electron chi connectivity index (χ1n) is 10.1. The topological polar surface area (TPSA) is 81.8 Å². The van der Waals surface area contributed by atoms with E-state index in [1.807, 2.05) is 13.8 Å². The Hall–Kier alpha value is -3.30. The summed E-state index contributed by atoms with van der Waals surface area (Å²) in [7, 11) is 1.02. The Morgan fingerprint density at radius 2 is 2.00 bits per heavy atom. The molecule has 32 heavy (non-hydrogen) atoms. The molecule has 1 heterocycles. The fourth-order valence-corrected chi connectivity index (χ4v) is 3.29. The van der Waals surface area contributed by atoms with Crippen LogP contribution in [0.3, 0.4) is 0 Å². The van der Waals surface area contributed by atoms with E-state index in [0.717, 1.165) is 24.8 Å². The van der Waals surface area contributed by atoms with Gasteiger partial charge >= 0.3 is 12.2 Å². The Bertz CT molecular complexity index is 914. The van der Waals surface area contributed by atoms with Crippen LogP contribution in [0.2, 0.25) is 0 Å². The van der Waals surface area contributed by atoms with Gasteiger partial charge in [0.25, 0.3) is 0 Å². The van der Waals surface area contributed by atoms with Crippen molar-refractivity contribution in [3.63, 3.8) is 0 Å². The van der Waals surface area contributed by atoms with Gasteiger partial charge in [0.2, 0.25) is 11.8 Å². The zero-order valence-corrected chi connectivity index (χ0v) is 18.2. The van der Waals surface area contributed by atoms with Gasteiger partial charge in [-0.25, -0.2) is 4.79 Å². The first-order chi connectivity index (χ1) is 14.9. The number of nitrogens with one attached hydrogen (secondary N) is 2. The summed E-state index contributed by atoms with van der Waals surface area (Å²) in [6.45, 7) is 6.18. The Labute approximate surface area is 184 Å². The van der Waals surface area contributed by atoms with Gasteiger partial charge in [0.05, 0.1) is 6.54 Å². The van der Waals surface area contributed by atoms with Crippen molar-refractivity contribution in [3.05, 3.63) is 54.3 Å². The average molecular weight is 452 g/mol. The number of fused-ring (bicyclic) bond motifs is 1. The van der Waals surface area contributed by atoms with Crippen LogP contribution in [-0.4, -0.2) is 53.5 Å². The summed E-state index contributed by atoms with van der Waals surface area (Å²) in [5, 5.41) is 5.37. The van der Waals surface area contributed by atoms with E-state index in [1.165, 1.54) is 4.90 Å². The minimum absolute atomic E-state index is 0.00426. The predicted octanol–water partition coefficient (Wildman–Crippen LogP) is 3.66. The molecule has 174 valence electrons. The molecule has 2 rings (SSSR count). The van der Waals surface area contributed by atoms with Gasteiger partial charge in [-0.05, 0) is 23.6 Å². The maximum absolute atomic E-state index is 13.0. The van der Waals surface area contributed by atoms with Crippen LogP contribution in [0.25, 0.3) is 0 Å². The molecule has 1 aromatic carbocycles. The van der Waals surface area contributed by atoms with E-state index >= 15 is 0 Å². The molecule has 1 aliphatic heterocycles. The van der Waals surface area contributed by atoms with Crippen molar-refractivity contribution in [2.75, 3.05) is 18.9 Å². The van der Waals surface area contributed by atoms with Crippen LogP contribution in [-0.2, 0) is 16.1 Å². The number of benzene rings is 1. The average Bonchev–Trinajstić information content (AvgIpc) is 2.85. The standard InChI is InChI=1S/C22H27F3N4O3/c1-5-14(2)19-20(31)27-17-9-7-6-8-16(17)12-29(19)21(32)26-15(3)10-11-18(30)28(4)13-22(23,24)25/h6-11,14,19H,3,5,12-13H2,1-2,4H3,(H,26,32)(H,27,31)/b11-10-/t14-,19-/m0/s1. The van der Waals surface area contributed by atoms with Crippen LogP contribution in [0.15, 0.2) is 48.7 Å². The molecule has 1 aliphatic rings. The number of carbonyl (C=O) groups excluding carboxylic acids is 3. The lowest BCUT2D eigenvalue weighted by Gasteiger charge is -2.32. The van der Waals surface area contributed by atoms with Crippen LogP contribution in [0.5, 0.6) is 0 Å². The summed E-state index contributed by atoms with van der Waals surface area (Å²) in [4.78, 5) is 39.6. The molecule has 0 radical (unpaired) electrons. The fraction of sp³-hybridized carbons (Fsp3) is 0.409. The quantitative estimate of drug-likeness (QED) is 0.511. The highest BCUT2D eigenvalue weighted by atomic mass is 19.4. The van der Waals surface area contributed by atoms with Gasteiger partial charge in [-0.2, -0.15) is 13.2 Å². The fourth-order valence-electron chi connectivity index (χ4n) is 3.29. The van der Waals surface area contributed by atoms with Crippen molar-refractivity contribution in [1.29, 1.82) is 0 Å². The molecule has 0 saturated heterocycles. The third-order valence-electron chi connectivity index (χ3n) is 5.15. The molecule has 0 unspecified atom stereocenters. The summed E-state index contributed by atoms with van der Waals surface area (Å²) in [6, 6.07) is 5.80. The van der Waals surface area contributed by atoms with Crippen LogP contribution in [0.4, 0.5) is 23.7 Å². The van der Waals surface area contributed by atoms with Gasteiger partial charge in [0, 0.05) is 24.5 Å². The van der Waals surface area contributed by atoms with Crippen LogP contribution >= 0.6 is 0 Å². The zero-order chi connectivity index (χ0) is 24.1. The molecule has 2 N–H and O–H groups in total. The highest BCUT2D eigenvalue weighted by Gasteiger charge is 2.36. The molecule has 10 heteroatoms. The lowest BCUT2D eigenvalue weighted by Crippen LogP contribution is -2.51. The van der Waals surface area contributed by atoms with Gasteiger partial charge in [0.1, 0.15) is 12.6 Å². The van der Waals surface area contributed by atoms with E-state index in [2.05, 4.69) is 17.2 Å². The molecule has 7 nitrogen and oxygen atoms in total. The van der Waals surface area contributed by atoms with Crippen molar-refractivity contribution < 1.29 is 27.6 Å². The number of rotatable bonds is 6. The van der Waals surface area contributed by atoms with Crippen molar-refractivity contribution in [2.45, 2.75) is 39.0 Å². The summed E-state index contributed by atoms with van der Waals surface area (Å²) >= 11 is 0. The molecule has 0 bridgehead atoms. The molecule has 0 spiro atoms. The SMILES string of the molecule is C=C(/C=C\C(=O)N(C)CC(F)(F)F)NC(=O)N1Cc2ccccc2NC(=O)[C@@H]1[C@@H](C)CC. The highest BCUT2D eigenvalue weighted by molar-refractivity contribution is 5.99. The first-order valence-corrected chi connectivity index (χ1v) is 10.1. The summed E-state index contributed by atoms with van der Waals surface area (Å²) in [5.41, 5.74) is 1.38. The normalized spacial score (nSPS) is 17.2. The van der Waals surface area contributed by atoms with Crippen molar-refractivity contribution in [1.82, 2.24) is 15.1 Å². The van der Waals surface area contributed by atoms with Crippen LogP contribution in [0.1, 0.15) is 25.8 Å². The molecule has 0 saturated carbocycles. The second-order valence-electron chi connectivity index (χ2n) is 7.70. The third kappa shape index (κ3) is 6.60. The number of carbonyl (C=O) groups is 3. The zero-order valence-electron chi connectivity index (χ0n) is 18.2. The van der Waals surface area contributed by atoms with E-state index in [1.54, 1.807) is 24.3 Å². The van der Waals surface area contributed by atoms with Gasteiger partial charge in [0.15, 0.2) is 0 Å². The number of allylic oxidation sites excluding steroid dienone is 1. The van der Waals surface area contributed by atoms with Crippen LogP contribution in [0, 0.1) is 5.92 Å². The van der Waals surface area contributed by atoms with E-state index in [9.17, 15) is 27.6 Å². The Morgan fingerprint density at radius 3 is 2.62 bits per heavy atom. The second-order valence-corrected chi connectivity index (χ2v) is 7.70. The molecule has 0 aliphatic carbocycles. The highest BCUT2D eigenvalue weighted by Crippen LogP contribution is 2.27. The number of anilines is 1. The number of urea groups is 1. The van der Waals surface area contributed by atoms with Crippen molar-refractivity contribution in [2.24, 2.45) is 5.92 Å². The molecule has 0 aromatic heterocycles. The summed E-state index contributed by atoms with van der Waals surface area (Å²) < 4.78 is 37.2. The molecule has 4 amide bonds. The number of hydrogen-bond acceptors (Lipinski definition) is 3. The van der Waals surface area contributed by atoms with Crippen molar-refractivity contribution >= 4 is 23.5 Å². The molecular formula is C22H27F3N4O3. The minimum atomic E-state index is -4.52.